The molecule has 0 spiro atoms. The van der Waals surface area contributed by atoms with Gasteiger partial charge in [-0.05, 0) is 24.9 Å². The second kappa shape index (κ2) is 5.21. The Bertz CT molecular complexity index is 312. The van der Waals surface area contributed by atoms with Gasteiger partial charge in [0.1, 0.15) is 6.17 Å². The molecule has 0 amide bonds. The lowest BCUT2D eigenvalue weighted by atomic mass is 9.88. The van der Waals surface area contributed by atoms with E-state index in [9.17, 15) is 4.39 Å². The number of hydrogen-bond donors (Lipinski definition) is 1. The molecule has 2 nitrogen and oxygen atoms in total. The first kappa shape index (κ1) is 12.1. The average molecular weight is 210 g/mol. The van der Waals surface area contributed by atoms with Gasteiger partial charge >= 0.3 is 0 Å². The summed E-state index contributed by atoms with van der Waals surface area (Å²) in [6.45, 7) is 6.27. The smallest absolute Gasteiger partial charge is 0.131 e. The van der Waals surface area contributed by atoms with E-state index in [1.54, 1.807) is 12.4 Å². The molecule has 1 heterocycles. The van der Waals surface area contributed by atoms with Gasteiger partial charge in [-0.15, -0.1) is 0 Å². The van der Waals surface area contributed by atoms with Crippen molar-refractivity contribution in [2.45, 2.75) is 26.9 Å². The summed E-state index contributed by atoms with van der Waals surface area (Å²) in [6.07, 6.45) is 2.30. The first-order chi connectivity index (χ1) is 7.06. The molecule has 0 aliphatic rings. The molecule has 1 aromatic rings. The minimum Gasteiger partial charge on any atom is -0.330 e. The van der Waals surface area contributed by atoms with Crippen LogP contribution >= 0.6 is 0 Å². The minimum absolute atomic E-state index is 0.131. The number of nitrogens with zero attached hydrogens (tertiary/aromatic N) is 1. The molecule has 0 aliphatic heterocycles. The molecule has 0 saturated heterocycles. The van der Waals surface area contributed by atoms with Crippen molar-refractivity contribution in [1.82, 2.24) is 4.98 Å². The number of aromatic nitrogens is 1. The Hall–Kier alpha value is -0.960. The third-order valence-electron chi connectivity index (χ3n) is 2.72. The molecule has 2 N–H and O–H groups in total. The Labute approximate surface area is 90.7 Å². The quantitative estimate of drug-likeness (QED) is 0.829. The fourth-order valence-electron chi connectivity index (χ4n) is 1.71. The monoisotopic (exact) mass is 210 g/mol. The number of nitrogens with two attached hydrogens (primary N) is 1. The van der Waals surface area contributed by atoms with Crippen LogP contribution in [-0.4, -0.2) is 11.5 Å². The van der Waals surface area contributed by atoms with Crippen LogP contribution in [0.4, 0.5) is 4.39 Å². The van der Waals surface area contributed by atoms with E-state index in [2.05, 4.69) is 4.98 Å². The number of rotatable bonds is 4. The number of aryl methyl sites for hydroxylation is 1. The normalized spacial score (nSPS) is 15.3. The van der Waals surface area contributed by atoms with Crippen LogP contribution < -0.4 is 5.73 Å². The van der Waals surface area contributed by atoms with E-state index in [1.165, 1.54) is 0 Å². The number of hydrogen-bond acceptors (Lipinski definition) is 2. The first-order valence-corrected chi connectivity index (χ1v) is 5.32. The van der Waals surface area contributed by atoms with Crippen molar-refractivity contribution in [3.63, 3.8) is 0 Å². The molecule has 84 valence electrons. The molecule has 1 rings (SSSR count). The van der Waals surface area contributed by atoms with E-state index >= 15 is 0 Å². The van der Waals surface area contributed by atoms with Crippen molar-refractivity contribution in [2.24, 2.45) is 17.6 Å². The van der Waals surface area contributed by atoms with Crippen LogP contribution in [0.1, 0.15) is 31.1 Å². The van der Waals surface area contributed by atoms with Gasteiger partial charge in [0.2, 0.25) is 0 Å². The van der Waals surface area contributed by atoms with E-state index in [-0.39, 0.29) is 11.8 Å². The Kier molecular flexibility index (Phi) is 4.21. The summed E-state index contributed by atoms with van der Waals surface area (Å²) in [5, 5.41) is 0. The van der Waals surface area contributed by atoms with E-state index in [0.29, 0.717) is 12.1 Å². The molecule has 0 bridgehead atoms. The summed E-state index contributed by atoms with van der Waals surface area (Å²) in [7, 11) is 0. The van der Waals surface area contributed by atoms with Crippen molar-refractivity contribution < 1.29 is 4.39 Å². The maximum Gasteiger partial charge on any atom is 0.131 e. The summed E-state index contributed by atoms with van der Waals surface area (Å²) in [6, 6.07) is 1.84. The van der Waals surface area contributed by atoms with E-state index < -0.39 is 6.17 Å². The Balaban J connectivity index is 2.87. The standard InChI is InChI=1S/C12H19FN2/c1-8(2)11(5-14)12(13)10-4-9(3)6-15-7-10/h4,6-8,11-12H,5,14H2,1-3H3. The van der Waals surface area contributed by atoms with Crippen LogP contribution in [0.5, 0.6) is 0 Å². The topological polar surface area (TPSA) is 38.9 Å². The van der Waals surface area contributed by atoms with Gasteiger partial charge in [-0.25, -0.2) is 4.39 Å². The number of halogens is 1. The van der Waals surface area contributed by atoms with Gasteiger partial charge in [-0.3, -0.25) is 4.98 Å². The zero-order chi connectivity index (χ0) is 11.4. The summed E-state index contributed by atoms with van der Waals surface area (Å²) in [4.78, 5) is 4.00. The van der Waals surface area contributed by atoms with Crippen LogP contribution in [0.15, 0.2) is 18.5 Å². The number of pyridine rings is 1. The van der Waals surface area contributed by atoms with Gasteiger partial charge in [0, 0.05) is 23.9 Å². The van der Waals surface area contributed by atoms with Crippen LogP contribution in [0.3, 0.4) is 0 Å². The molecular formula is C12H19FN2. The lowest BCUT2D eigenvalue weighted by Crippen LogP contribution is -2.24. The predicted molar refractivity (Wildman–Crippen MR) is 60.2 cm³/mol. The Morgan fingerprint density at radius 1 is 1.40 bits per heavy atom. The highest BCUT2D eigenvalue weighted by Gasteiger charge is 2.24. The van der Waals surface area contributed by atoms with Crippen LogP contribution in [-0.2, 0) is 0 Å². The third kappa shape index (κ3) is 2.99. The maximum atomic E-state index is 14.1. The predicted octanol–water partition coefficient (Wildman–Crippen LogP) is 2.63. The molecule has 2 atom stereocenters. The first-order valence-electron chi connectivity index (χ1n) is 5.32. The SMILES string of the molecule is Cc1cncc(C(F)C(CN)C(C)C)c1. The fourth-order valence-corrected chi connectivity index (χ4v) is 1.71. The Morgan fingerprint density at radius 3 is 2.53 bits per heavy atom. The van der Waals surface area contributed by atoms with Crippen molar-refractivity contribution in [2.75, 3.05) is 6.54 Å². The fraction of sp³-hybridized carbons (Fsp3) is 0.583. The van der Waals surface area contributed by atoms with Crippen LogP contribution in [0, 0.1) is 18.8 Å². The highest BCUT2D eigenvalue weighted by Crippen LogP contribution is 2.30. The molecular weight excluding hydrogens is 191 g/mol. The molecule has 1 aromatic heterocycles. The van der Waals surface area contributed by atoms with E-state index in [4.69, 9.17) is 5.73 Å². The molecule has 15 heavy (non-hydrogen) atoms. The third-order valence-corrected chi connectivity index (χ3v) is 2.72. The zero-order valence-electron chi connectivity index (χ0n) is 9.57. The van der Waals surface area contributed by atoms with Crippen molar-refractivity contribution in [1.29, 1.82) is 0 Å². The zero-order valence-corrected chi connectivity index (χ0v) is 9.57. The molecule has 0 aromatic carbocycles. The molecule has 0 aliphatic carbocycles. The summed E-state index contributed by atoms with van der Waals surface area (Å²) >= 11 is 0. The van der Waals surface area contributed by atoms with Crippen molar-refractivity contribution in [3.8, 4) is 0 Å². The second-order valence-electron chi connectivity index (χ2n) is 4.34. The lowest BCUT2D eigenvalue weighted by Gasteiger charge is -2.23. The van der Waals surface area contributed by atoms with Gasteiger partial charge in [0.25, 0.3) is 0 Å². The van der Waals surface area contributed by atoms with Gasteiger partial charge in [-0.1, -0.05) is 19.9 Å². The number of alkyl halides is 1. The Morgan fingerprint density at radius 2 is 2.07 bits per heavy atom. The van der Waals surface area contributed by atoms with Crippen LogP contribution in [0.25, 0.3) is 0 Å². The van der Waals surface area contributed by atoms with Gasteiger partial charge in [-0.2, -0.15) is 0 Å². The molecule has 0 saturated carbocycles. The second-order valence-corrected chi connectivity index (χ2v) is 4.34. The highest BCUT2D eigenvalue weighted by molar-refractivity contribution is 5.19. The largest absolute Gasteiger partial charge is 0.330 e. The lowest BCUT2D eigenvalue weighted by molar-refractivity contribution is 0.188. The van der Waals surface area contributed by atoms with E-state index in [1.807, 2.05) is 26.8 Å². The van der Waals surface area contributed by atoms with Gasteiger partial charge in [0.15, 0.2) is 0 Å². The van der Waals surface area contributed by atoms with Gasteiger partial charge in [0.05, 0.1) is 0 Å². The minimum atomic E-state index is -1.01. The summed E-state index contributed by atoms with van der Waals surface area (Å²) < 4.78 is 14.1. The van der Waals surface area contributed by atoms with E-state index in [0.717, 1.165) is 5.56 Å². The molecule has 2 unspecified atom stereocenters. The maximum absolute atomic E-state index is 14.1. The van der Waals surface area contributed by atoms with Gasteiger partial charge < -0.3 is 5.73 Å². The molecule has 0 fully saturated rings. The molecule has 0 radical (unpaired) electrons. The summed E-state index contributed by atoms with van der Waals surface area (Å²) in [5.74, 6) is 0.110. The van der Waals surface area contributed by atoms with Crippen LogP contribution in [0.2, 0.25) is 0 Å². The van der Waals surface area contributed by atoms with Crippen molar-refractivity contribution >= 4 is 0 Å². The van der Waals surface area contributed by atoms with Crippen molar-refractivity contribution in [3.05, 3.63) is 29.6 Å². The average Bonchev–Trinajstić information content (AvgIpc) is 2.18. The summed E-state index contributed by atoms with van der Waals surface area (Å²) in [5.41, 5.74) is 7.21. The molecule has 3 heteroatoms. The highest BCUT2D eigenvalue weighted by atomic mass is 19.1.